The van der Waals surface area contributed by atoms with Crippen molar-refractivity contribution < 1.29 is 4.79 Å². The zero-order valence-corrected chi connectivity index (χ0v) is 11.0. The molecule has 0 N–H and O–H groups in total. The molecule has 1 nitrogen and oxygen atoms in total. The average Bonchev–Trinajstić information content (AvgIpc) is 2.61. The minimum absolute atomic E-state index is 0.583. The van der Waals surface area contributed by atoms with Gasteiger partial charge in [-0.1, -0.05) is 33.3 Å². The van der Waals surface area contributed by atoms with E-state index in [0.717, 1.165) is 25.5 Å². The van der Waals surface area contributed by atoms with E-state index in [4.69, 9.17) is 0 Å². The Kier molecular flexibility index (Phi) is 4.98. The zero-order valence-electron chi connectivity index (χ0n) is 11.0. The molecule has 90 valence electrons. The molecule has 2 atom stereocenters. The Morgan fingerprint density at radius 1 is 1.00 bits per heavy atom. The molecule has 0 amide bonds. The van der Waals surface area contributed by atoms with Crippen LogP contribution in [-0.4, -0.2) is 6.29 Å². The first kappa shape index (κ1) is 13.2. The van der Waals surface area contributed by atoms with Crippen LogP contribution in [0.15, 0.2) is 22.8 Å². The van der Waals surface area contributed by atoms with Crippen molar-refractivity contribution in [2.75, 3.05) is 0 Å². The number of allylic oxidation sites excluding steroid dienone is 4. The van der Waals surface area contributed by atoms with Gasteiger partial charge in [0.25, 0.3) is 0 Å². The fourth-order valence-corrected chi connectivity index (χ4v) is 3.33. The summed E-state index contributed by atoms with van der Waals surface area (Å²) in [5.41, 5.74) is 4.39. The van der Waals surface area contributed by atoms with Gasteiger partial charge >= 0.3 is 0 Å². The highest BCUT2D eigenvalue weighted by atomic mass is 16.1. The zero-order chi connectivity index (χ0) is 12.1. The van der Waals surface area contributed by atoms with Crippen LogP contribution in [0.4, 0.5) is 0 Å². The first-order valence-corrected chi connectivity index (χ1v) is 6.62. The molecule has 16 heavy (non-hydrogen) atoms. The van der Waals surface area contributed by atoms with E-state index in [1.807, 2.05) is 0 Å². The van der Waals surface area contributed by atoms with Crippen LogP contribution in [0.1, 0.15) is 53.4 Å². The van der Waals surface area contributed by atoms with Crippen LogP contribution in [0.25, 0.3) is 0 Å². The summed E-state index contributed by atoms with van der Waals surface area (Å²) < 4.78 is 0. The third kappa shape index (κ3) is 2.14. The fourth-order valence-electron chi connectivity index (χ4n) is 3.33. The molecule has 1 aliphatic rings. The van der Waals surface area contributed by atoms with E-state index < -0.39 is 0 Å². The second kappa shape index (κ2) is 6.03. The van der Waals surface area contributed by atoms with Crippen LogP contribution >= 0.6 is 0 Å². The first-order valence-electron chi connectivity index (χ1n) is 6.62. The maximum atomic E-state index is 10.8. The van der Waals surface area contributed by atoms with Crippen LogP contribution in [0, 0.1) is 11.8 Å². The Morgan fingerprint density at radius 2 is 1.62 bits per heavy atom. The summed E-state index contributed by atoms with van der Waals surface area (Å²) in [6.07, 6.45) is 7.30. The van der Waals surface area contributed by atoms with Gasteiger partial charge in [-0.2, -0.15) is 0 Å². The molecule has 0 saturated carbocycles. The lowest BCUT2D eigenvalue weighted by Crippen LogP contribution is -2.11. The molecule has 0 heterocycles. The van der Waals surface area contributed by atoms with Crippen molar-refractivity contribution in [3.05, 3.63) is 22.8 Å². The molecule has 0 saturated heterocycles. The molecule has 0 aromatic heterocycles. The molecule has 0 aliphatic heterocycles. The lowest BCUT2D eigenvalue weighted by molar-refractivity contribution is -0.104. The highest BCUT2D eigenvalue weighted by Gasteiger charge is 2.34. The molecule has 2 unspecified atom stereocenters. The van der Waals surface area contributed by atoms with E-state index in [2.05, 4.69) is 27.7 Å². The van der Waals surface area contributed by atoms with Crippen LogP contribution in [0.5, 0.6) is 0 Å². The van der Waals surface area contributed by atoms with Crippen LogP contribution in [-0.2, 0) is 4.79 Å². The van der Waals surface area contributed by atoms with Crippen molar-refractivity contribution in [1.82, 2.24) is 0 Å². The Morgan fingerprint density at radius 3 is 2.00 bits per heavy atom. The highest BCUT2D eigenvalue weighted by Crippen LogP contribution is 2.46. The number of hydrogen-bond acceptors (Lipinski definition) is 1. The molecule has 0 spiro atoms. The molecule has 1 heteroatoms. The van der Waals surface area contributed by atoms with Crippen molar-refractivity contribution in [2.45, 2.75) is 53.4 Å². The van der Waals surface area contributed by atoms with Crippen molar-refractivity contribution >= 4 is 6.29 Å². The van der Waals surface area contributed by atoms with Gasteiger partial charge in [0.2, 0.25) is 0 Å². The predicted octanol–water partition coefficient (Wildman–Crippen LogP) is 4.29. The second-order valence-corrected chi connectivity index (χ2v) is 4.50. The van der Waals surface area contributed by atoms with Crippen LogP contribution in [0.2, 0.25) is 0 Å². The number of carbonyl (C=O) groups excluding carboxylic acids is 1. The highest BCUT2D eigenvalue weighted by molar-refractivity contribution is 5.69. The van der Waals surface area contributed by atoms with Crippen molar-refractivity contribution in [2.24, 2.45) is 11.8 Å². The largest absolute Gasteiger partial charge is 0.299 e. The minimum Gasteiger partial charge on any atom is -0.299 e. The Labute approximate surface area is 99.6 Å². The van der Waals surface area contributed by atoms with Crippen molar-refractivity contribution in [1.29, 1.82) is 0 Å². The molecule has 1 aliphatic carbocycles. The summed E-state index contributed by atoms with van der Waals surface area (Å²) in [7, 11) is 0. The summed E-state index contributed by atoms with van der Waals surface area (Å²) in [6, 6.07) is 0. The van der Waals surface area contributed by atoms with Gasteiger partial charge in [-0.15, -0.1) is 0 Å². The third-order valence-corrected chi connectivity index (χ3v) is 3.93. The van der Waals surface area contributed by atoms with Gasteiger partial charge < -0.3 is 0 Å². The maximum absolute atomic E-state index is 10.8. The van der Waals surface area contributed by atoms with Gasteiger partial charge in [0.15, 0.2) is 0 Å². The van der Waals surface area contributed by atoms with E-state index >= 15 is 0 Å². The lowest BCUT2D eigenvalue weighted by atomic mass is 9.84. The Hall–Kier alpha value is -0.850. The Bertz CT molecular complexity index is 307. The summed E-state index contributed by atoms with van der Waals surface area (Å²) in [5.74, 6) is 1.26. The molecule has 1 rings (SSSR count). The number of aldehydes is 1. The second-order valence-electron chi connectivity index (χ2n) is 4.50. The predicted molar refractivity (Wildman–Crippen MR) is 69.3 cm³/mol. The van der Waals surface area contributed by atoms with E-state index in [0.29, 0.717) is 11.8 Å². The molecule has 0 fully saturated rings. The van der Waals surface area contributed by atoms with Gasteiger partial charge in [-0.05, 0) is 54.7 Å². The van der Waals surface area contributed by atoms with Crippen molar-refractivity contribution in [3.8, 4) is 0 Å². The Balaban J connectivity index is 3.20. The number of carbonyl (C=O) groups is 1. The molecule has 0 radical (unpaired) electrons. The molecule has 0 aromatic carbocycles. The smallest absolute Gasteiger partial charge is 0.143 e. The summed E-state index contributed by atoms with van der Waals surface area (Å²) >= 11 is 0. The molecular formula is C15H24O. The monoisotopic (exact) mass is 220 g/mol. The topological polar surface area (TPSA) is 17.1 Å². The van der Waals surface area contributed by atoms with Crippen LogP contribution in [0.3, 0.4) is 0 Å². The van der Waals surface area contributed by atoms with Gasteiger partial charge in [0.1, 0.15) is 6.29 Å². The fraction of sp³-hybridized carbons (Fsp3) is 0.667. The van der Waals surface area contributed by atoms with E-state index in [1.165, 1.54) is 17.6 Å². The molecule has 0 bridgehead atoms. The first-order chi connectivity index (χ1) is 7.74. The van der Waals surface area contributed by atoms with E-state index in [1.54, 1.807) is 11.6 Å². The van der Waals surface area contributed by atoms with Gasteiger partial charge in [-0.3, -0.25) is 4.79 Å². The normalized spacial score (nSPS) is 27.9. The lowest BCUT2D eigenvalue weighted by Gasteiger charge is -2.20. The summed E-state index contributed by atoms with van der Waals surface area (Å²) in [4.78, 5) is 10.8. The SMILES string of the molecule is CCC1=C(CC)C(CC)C(CC)/C1=C/C=O. The molecule has 0 aromatic rings. The number of rotatable bonds is 5. The molecular weight excluding hydrogens is 196 g/mol. The third-order valence-electron chi connectivity index (χ3n) is 3.93. The van der Waals surface area contributed by atoms with Gasteiger partial charge in [-0.25, -0.2) is 0 Å². The summed E-state index contributed by atoms with van der Waals surface area (Å²) in [5, 5.41) is 0. The maximum Gasteiger partial charge on any atom is 0.143 e. The minimum atomic E-state index is 0.583. The van der Waals surface area contributed by atoms with Gasteiger partial charge in [0.05, 0.1) is 0 Å². The van der Waals surface area contributed by atoms with E-state index in [9.17, 15) is 4.79 Å². The van der Waals surface area contributed by atoms with E-state index in [-0.39, 0.29) is 0 Å². The summed E-state index contributed by atoms with van der Waals surface area (Å²) in [6.45, 7) is 8.94. The van der Waals surface area contributed by atoms with Gasteiger partial charge in [0, 0.05) is 0 Å². The number of hydrogen-bond donors (Lipinski definition) is 0. The standard InChI is InChI=1S/C15H24O/c1-5-11-12(6-2)14(8-4)15(9-10-16)13(11)7-3/h9-11,13H,5-8H2,1-4H3/b15-9-. The van der Waals surface area contributed by atoms with Crippen molar-refractivity contribution in [3.63, 3.8) is 0 Å². The quantitative estimate of drug-likeness (QED) is 0.499. The van der Waals surface area contributed by atoms with Crippen LogP contribution < -0.4 is 0 Å². The average molecular weight is 220 g/mol.